The maximum atomic E-state index is 9.88. The number of piperidine rings is 1. The molecule has 108 valence electrons. The number of nitrogens with zero attached hydrogens (tertiary/aromatic N) is 1. The van der Waals surface area contributed by atoms with E-state index in [4.69, 9.17) is 0 Å². The molecule has 0 radical (unpaired) electrons. The van der Waals surface area contributed by atoms with Gasteiger partial charge in [-0.05, 0) is 35.7 Å². The van der Waals surface area contributed by atoms with Crippen LogP contribution in [-0.4, -0.2) is 29.2 Å². The van der Waals surface area contributed by atoms with Crippen molar-refractivity contribution in [1.29, 1.82) is 0 Å². The maximum Gasteiger partial charge on any atom is 0.0590 e. The van der Waals surface area contributed by atoms with Gasteiger partial charge in [0.05, 0.1) is 6.61 Å². The summed E-state index contributed by atoms with van der Waals surface area (Å²) < 4.78 is 0. The third-order valence-electron chi connectivity index (χ3n) is 6.24. The maximum absolute atomic E-state index is 9.88. The molecule has 3 aliphatic rings. The molecule has 2 aliphatic carbocycles. The average molecular weight is 271 g/mol. The highest BCUT2D eigenvalue weighted by atomic mass is 16.3. The van der Waals surface area contributed by atoms with Gasteiger partial charge in [0.2, 0.25) is 0 Å². The van der Waals surface area contributed by atoms with Gasteiger partial charge in [0.1, 0.15) is 0 Å². The van der Waals surface area contributed by atoms with E-state index in [1.54, 1.807) is 0 Å². The van der Waals surface area contributed by atoms with Crippen molar-refractivity contribution in [3.63, 3.8) is 0 Å². The van der Waals surface area contributed by atoms with Crippen LogP contribution in [0.15, 0.2) is 30.3 Å². The first-order chi connectivity index (χ1) is 9.85. The number of rotatable bonds is 3. The van der Waals surface area contributed by atoms with E-state index in [0.29, 0.717) is 18.1 Å². The Morgan fingerprint density at radius 3 is 2.55 bits per heavy atom. The Morgan fingerprint density at radius 1 is 1.10 bits per heavy atom. The lowest BCUT2D eigenvalue weighted by atomic mass is 9.81. The summed E-state index contributed by atoms with van der Waals surface area (Å²) in [7, 11) is 0. The van der Waals surface area contributed by atoms with Crippen LogP contribution in [0.3, 0.4) is 0 Å². The first-order valence-electron chi connectivity index (χ1n) is 8.24. The van der Waals surface area contributed by atoms with Crippen LogP contribution >= 0.6 is 0 Å². The zero-order valence-corrected chi connectivity index (χ0v) is 12.2. The number of fused-ring (bicyclic) bond motifs is 3. The molecule has 1 saturated heterocycles. The molecule has 1 aromatic carbocycles. The molecule has 2 saturated carbocycles. The normalized spacial score (nSPS) is 35.1. The molecule has 4 rings (SSSR count). The standard InChI is InChI=1S/C18H25NO/c20-13-16-17-15(18(17)9-5-2-6-10-18)12-19(16)11-14-7-3-1-4-8-14/h1,3-4,7-8,15-17,20H,2,5-6,9-13H2/t15-,16+,17-/m0/s1. The summed E-state index contributed by atoms with van der Waals surface area (Å²) in [5.41, 5.74) is 2.02. The molecule has 1 aromatic rings. The van der Waals surface area contributed by atoms with Gasteiger partial charge >= 0.3 is 0 Å². The Kier molecular flexibility index (Phi) is 3.12. The number of hydrogen-bond donors (Lipinski definition) is 1. The van der Waals surface area contributed by atoms with Crippen LogP contribution < -0.4 is 0 Å². The molecule has 20 heavy (non-hydrogen) atoms. The molecule has 0 bridgehead atoms. The molecule has 1 aliphatic heterocycles. The van der Waals surface area contributed by atoms with Crippen LogP contribution in [0.4, 0.5) is 0 Å². The summed E-state index contributed by atoms with van der Waals surface area (Å²) in [5.74, 6) is 1.67. The summed E-state index contributed by atoms with van der Waals surface area (Å²) in [5, 5.41) is 9.88. The number of likely N-dealkylation sites (tertiary alicyclic amines) is 1. The van der Waals surface area contributed by atoms with Crippen LogP contribution in [0.25, 0.3) is 0 Å². The van der Waals surface area contributed by atoms with Crippen molar-refractivity contribution < 1.29 is 5.11 Å². The highest BCUT2D eigenvalue weighted by Crippen LogP contribution is 2.71. The molecule has 3 fully saturated rings. The van der Waals surface area contributed by atoms with Crippen LogP contribution in [-0.2, 0) is 6.54 Å². The predicted octanol–water partition coefficient (Wildman–Crippen LogP) is 3.06. The molecule has 0 aromatic heterocycles. The molecule has 2 heteroatoms. The van der Waals surface area contributed by atoms with E-state index in [-0.39, 0.29) is 0 Å². The summed E-state index contributed by atoms with van der Waals surface area (Å²) in [6.07, 6.45) is 7.13. The second kappa shape index (κ2) is 4.85. The first kappa shape index (κ1) is 12.8. The number of hydrogen-bond acceptors (Lipinski definition) is 2. The Bertz CT molecular complexity index is 466. The van der Waals surface area contributed by atoms with Gasteiger partial charge < -0.3 is 5.11 Å². The Hall–Kier alpha value is -0.860. The minimum atomic E-state index is 0.343. The van der Waals surface area contributed by atoms with Crippen molar-refractivity contribution in [3.05, 3.63) is 35.9 Å². The highest BCUT2D eigenvalue weighted by Gasteiger charge is 2.70. The Morgan fingerprint density at radius 2 is 1.85 bits per heavy atom. The summed E-state index contributed by atoms with van der Waals surface area (Å²) in [4.78, 5) is 2.53. The van der Waals surface area contributed by atoms with Crippen LogP contribution in [0.2, 0.25) is 0 Å². The SMILES string of the molecule is OC[C@@H]1[C@@H]2[C@H](CN1Cc1ccccc1)C21CCCCC1. The molecule has 2 nitrogen and oxygen atoms in total. The lowest BCUT2D eigenvalue weighted by Crippen LogP contribution is -2.39. The smallest absolute Gasteiger partial charge is 0.0590 e. The van der Waals surface area contributed by atoms with Gasteiger partial charge in [-0.1, -0.05) is 49.6 Å². The number of aliphatic hydroxyl groups is 1. The fourth-order valence-electron chi connectivity index (χ4n) is 5.32. The van der Waals surface area contributed by atoms with Crippen molar-refractivity contribution in [3.8, 4) is 0 Å². The molecule has 0 amide bonds. The Balaban J connectivity index is 1.47. The van der Waals surface area contributed by atoms with Gasteiger partial charge in [0.15, 0.2) is 0 Å². The van der Waals surface area contributed by atoms with Crippen molar-refractivity contribution in [2.45, 2.75) is 44.7 Å². The van der Waals surface area contributed by atoms with Gasteiger partial charge in [-0.25, -0.2) is 0 Å². The minimum Gasteiger partial charge on any atom is -0.395 e. The molecule has 1 N–H and O–H groups in total. The van der Waals surface area contributed by atoms with E-state index in [0.717, 1.165) is 18.4 Å². The fraction of sp³-hybridized carbons (Fsp3) is 0.667. The monoisotopic (exact) mass is 271 g/mol. The van der Waals surface area contributed by atoms with E-state index >= 15 is 0 Å². The van der Waals surface area contributed by atoms with E-state index in [2.05, 4.69) is 35.2 Å². The lowest BCUT2D eigenvalue weighted by molar-refractivity contribution is 0.0903. The van der Waals surface area contributed by atoms with Gasteiger partial charge in [0.25, 0.3) is 0 Å². The van der Waals surface area contributed by atoms with Crippen LogP contribution in [0, 0.1) is 17.3 Å². The fourth-order valence-corrected chi connectivity index (χ4v) is 5.32. The highest BCUT2D eigenvalue weighted by molar-refractivity contribution is 5.22. The molecular formula is C18H25NO. The first-order valence-corrected chi connectivity index (χ1v) is 8.24. The summed E-state index contributed by atoms with van der Waals surface area (Å²) in [6, 6.07) is 11.1. The number of benzene rings is 1. The molecule has 0 unspecified atom stereocenters. The van der Waals surface area contributed by atoms with Crippen molar-refractivity contribution in [1.82, 2.24) is 4.90 Å². The van der Waals surface area contributed by atoms with Crippen molar-refractivity contribution >= 4 is 0 Å². The average Bonchev–Trinajstić information content (AvgIpc) is 2.91. The van der Waals surface area contributed by atoms with Crippen LogP contribution in [0.1, 0.15) is 37.7 Å². The minimum absolute atomic E-state index is 0.343. The largest absolute Gasteiger partial charge is 0.395 e. The molecule has 1 spiro atoms. The molecular weight excluding hydrogens is 246 g/mol. The van der Waals surface area contributed by atoms with Gasteiger partial charge in [0, 0.05) is 19.1 Å². The predicted molar refractivity (Wildman–Crippen MR) is 80.2 cm³/mol. The van der Waals surface area contributed by atoms with E-state index in [9.17, 15) is 5.11 Å². The lowest BCUT2D eigenvalue weighted by Gasteiger charge is -2.34. The van der Waals surface area contributed by atoms with Gasteiger partial charge in [-0.15, -0.1) is 0 Å². The van der Waals surface area contributed by atoms with Crippen molar-refractivity contribution in [2.24, 2.45) is 17.3 Å². The van der Waals surface area contributed by atoms with E-state index in [1.165, 1.54) is 44.2 Å². The third-order valence-corrected chi connectivity index (χ3v) is 6.24. The van der Waals surface area contributed by atoms with Gasteiger partial charge in [-0.3, -0.25) is 4.90 Å². The van der Waals surface area contributed by atoms with E-state index in [1.807, 2.05) is 0 Å². The zero-order chi connectivity index (χ0) is 13.6. The van der Waals surface area contributed by atoms with Crippen molar-refractivity contribution in [2.75, 3.05) is 13.2 Å². The Labute approximate surface area is 121 Å². The van der Waals surface area contributed by atoms with Gasteiger partial charge in [-0.2, -0.15) is 0 Å². The number of aliphatic hydroxyl groups excluding tert-OH is 1. The topological polar surface area (TPSA) is 23.5 Å². The molecule has 1 heterocycles. The molecule has 3 atom stereocenters. The third kappa shape index (κ3) is 1.85. The second-order valence-electron chi connectivity index (χ2n) is 7.09. The quantitative estimate of drug-likeness (QED) is 0.913. The van der Waals surface area contributed by atoms with Crippen LogP contribution in [0.5, 0.6) is 0 Å². The summed E-state index contributed by atoms with van der Waals surface area (Å²) >= 11 is 0. The zero-order valence-electron chi connectivity index (χ0n) is 12.2. The second-order valence-corrected chi connectivity index (χ2v) is 7.09. The van der Waals surface area contributed by atoms with E-state index < -0.39 is 0 Å². The summed E-state index contributed by atoms with van der Waals surface area (Å²) in [6.45, 7) is 2.57.